The Morgan fingerprint density at radius 2 is 2.10 bits per heavy atom. The summed E-state index contributed by atoms with van der Waals surface area (Å²) < 4.78 is 19.0. The van der Waals surface area contributed by atoms with Crippen LogP contribution in [0, 0.1) is 5.82 Å². The van der Waals surface area contributed by atoms with Gasteiger partial charge in [-0.3, -0.25) is 4.79 Å². The van der Waals surface area contributed by atoms with Crippen LogP contribution in [0.1, 0.15) is 19.8 Å². The molecule has 1 aromatic heterocycles. The number of aromatic nitrogens is 2. The van der Waals surface area contributed by atoms with Crippen molar-refractivity contribution in [3.63, 3.8) is 0 Å². The average Bonchev–Trinajstić information content (AvgIpc) is 2.70. The van der Waals surface area contributed by atoms with E-state index in [1.165, 1.54) is 24.5 Å². The van der Waals surface area contributed by atoms with Crippen molar-refractivity contribution in [1.29, 1.82) is 0 Å². The molecule has 3 rings (SSSR count). The maximum Gasteiger partial charge on any atom is 0.224 e. The predicted molar refractivity (Wildman–Crippen MR) is 109 cm³/mol. The Morgan fingerprint density at radius 3 is 2.83 bits per heavy atom. The monoisotopic (exact) mass is 416 g/mol. The molecule has 29 heavy (non-hydrogen) atoms. The summed E-state index contributed by atoms with van der Waals surface area (Å²) in [5.74, 6) is 0.0681. The van der Waals surface area contributed by atoms with Crippen molar-refractivity contribution in [3.8, 4) is 5.75 Å². The van der Waals surface area contributed by atoms with Crippen LogP contribution in [0.5, 0.6) is 5.75 Å². The molecule has 9 heteroatoms. The van der Waals surface area contributed by atoms with Gasteiger partial charge in [0.15, 0.2) is 0 Å². The van der Waals surface area contributed by atoms with Gasteiger partial charge in [0.05, 0.1) is 22.8 Å². The molecule has 2 aromatic carbocycles. The molecule has 0 aliphatic heterocycles. The molecule has 0 spiro atoms. The van der Waals surface area contributed by atoms with Crippen LogP contribution in [0.25, 0.3) is 10.9 Å². The van der Waals surface area contributed by atoms with E-state index in [0.717, 1.165) is 0 Å². The number of hydrogen-bond donors (Lipinski definition) is 2. The molecule has 0 atom stereocenters. The highest BCUT2D eigenvalue weighted by Gasteiger charge is 2.14. The normalized spacial score (nSPS) is 10.6. The van der Waals surface area contributed by atoms with E-state index in [0.29, 0.717) is 46.7 Å². The van der Waals surface area contributed by atoms with Gasteiger partial charge in [-0.25, -0.2) is 14.4 Å². The van der Waals surface area contributed by atoms with Crippen LogP contribution in [-0.4, -0.2) is 28.8 Å². The number of carbonyl (C=O) groups excluding carboxylic acids is 2. The summed E-state index contributed by atoms with van der Waals surface area (Å²) in [5, 5.41) is 6.43. The molecular weight excluding hydrogens is 399 g/mol. The molecule has 0 bridgehead atoms. The number of halogens is 2. The van der Waals surface area contributed by atoms with Crippen molar-refractivity contribution >= 4 is 51.9 Å². The minimum Gasteiger partial charge on any atom is -0.492 e. The van der Waals surface area contributed by atoms with Gasteiger partial charge in [0, 0.05) is 30.0 Å². The van der Waals surface area contributed by atoms with E-state index >= 15 is 0 Å². The van der Waals surface area contributed by atoms with Gasteiger partial charge in [-0.15, -0.1) is 0 Å². The number of amides is 1. The molecule has 0 radical (unpaired) electrons. The van der Waals surface area contributed by atoms with E-state index in [-0.39, 0.29) is 23.8 Å². The molecule has 0 saturated carbocycles. The number of nitrogens with one attached hydrogen (secondary N) is 2. The first-order valence-electron chi connectivity index (χ1n) is 8.89. The Kier molecular flexibility index (Phi) is 6.56. The van der Waals surface area contributed by atoms with Gasteiger partial charge in [0.2, 0.25) is 5.91 Å². The number of hydrogen-bond acceptors (Lipinski definition) is 6. The molecule has 7 nitrogen and oxygen atoms in total. The first kappa shape index (κ1) is 20.5. The predicted octanol–water partition coefficient (Wildman–Crippen LogP) is 4.48. The van der Waals surface area contributed by atoms with Gasteiger partial charge in [-0.2, -0.15) is 0 Å². The number of nitrogens with zero attached hydrogens (tertiary/aromatic N) is 2. The number of fused-ring (bicyclic) bond motifs is 1. The van der Waals surface area contributed by atoms with Crippen molar-refractivity contribution in [3.05, 3.63) is 47.5 Å². The molecule has 2 N–H and O–H groups in total. The number of anilines is 3. The molecule has 1 heterocycles. The van der Waals surface area contributed by atoms with Crippen LogP contribution in [0.3, 0.4) is 0 Å². The average molecular weight is 417 g/mol. The second-order valence-electron chi connectivity index (χ2n) is 6.03. The summed E-state index contributed by atoms with van der Waals surface area (Å²) >= 11 is 5.84. The molecule has 0 unspecified atom stereocenters. The van der Waals surface area contributed by atoms with Gasteiger partial charge in [0.25, 0.3) is 0 Å². The quantitative estimate of drug-likeness (QED) is 0.526. The van der Waals surface area contributed by atoms with E-state index in [4.69, 9.17) is 16.3 Å². The van der Waals surface area contributed by atoms with Gasteiger partial charge >= 0.3 is 0 Å². The third-order valence-electron chi connectivity index (χ3n) is 3.98. The molecule has 3 aromatic rings. The standard InChI is InChI=1S/C20H18ClFN4O3/c1-2-29-18-10-16-13(9-17(18)26-19(28)4-3-7-27)20(24-11-23-16)25-12-5-6-15(22)14(21)8-12/h5-11H,2-4H2,1H3,(H,26,28)(H,23,24,25). The van der Waals surface area contributed by atoms with Gasteiger partial charge in [-0.1, -0.05) is 11.6 Å². The van der Waals surface area contributed by atoms with Crippen LogP contribution in [0.2, 0.25) is 5.02 Å². The Hall–Kier alpha value is -3.26. The zero-order valence-electron chi connectivity index (χ0n) is 15.5. The van der Waals surface area contributed by atoms with E-state index in [1.54, 1.807) is 12.1 Å². The number of benzene rings is 2. The first-order valence-corrected chi connectivity index (χ1v) is 9.26. The molecule has 0 aliphatic carbocycles. The third kappa shape index (κ3) is 4.97. The fraction of sp³-hybridized carbons (Fsp3) is 0.200. The Morgan fingerprint density at radius 1 is 1.28 bits per heavy atom. The van der Waals surface area contributed by atoms with Crippen molar-refractivity contribution in [1.82, 2.24) is 9.97 Å². The number of carbonyl (C=O) groups is 2. The van der Waals surface area contributed by atoms with Crippen LogP contribution >= 0.6 is 11.6 Å². The second kappa shape index (κ2) is 9.29. The summed E-state index contributed by atoms with van der Waals surface area (Å²) in [6.45, 7) is 2.22. The van der Waals surface area contributed by atoms with E-state index < -0.39 is 5.82 Å². The van der Waals surface area contributed by atoms with Crippen molar-refractivity contribution < 1.29 is 18.7 Å². The maximum absolute atomic E-state index is 13.4. The molecule has 0 fully saturated rings. The van der Waals surface area contributed by atoms with Crippen LogP contribution in [0.15, 0.2) is 36.7 Å². The highest BCUT2D eigenvalue weighted by atomic mass is 35.5. The third-order valence-corrected chi connectivity index (χ3v) is 4.27. The first-order chi connectivity index (χ1) is 14.0. The molecule has 1 amide bonds. The minimum atomic E-state index is -0.522. The van der Waals surface area contributed by atoms with Crippen LogP contribution < -0.4 is 15.4 Å². The lowest BCUT2D eigenvalue weighted by Gasteiger charge is -2.14. The van der Waals surface area contributed by atoms with E-state index in [1.807, 2.05) is 6.92 Å². The van der Waals surface area contributed by atoms with Gasteiger partial charge < -0.3 is 20.2 Å². The van der Waals surface area contributed by atoms with Crippen LogP contribution in [-0.2, 0) is 9.59 Å². The molecular formula is C20H18ClFN4O3. The maximum atomic E-state index is 13.4. The van der Waals surface area contributed by atoms with E-state index in [2.05, 4.69) is 20.6 Å². The topological polar surface area (TPSA) is 93.2 Å². The lowest BCUT2D eigenvalue weighted by atomic mass is 10.1. The zero-order valence-corrected chi connectivity index (χ0v) is 16.3. The fourth-order valence-corrected chi connectivity index (χ4v) is 2.85. The zero-order chi connectivity index (χ0) is 20.8. The SMILES string of the molecule is CCOc1cc2ncnc(Nc3ccc(F)c(Cl)c3)c2cc1NC(=O)CCC=O. The lowest BCUT2D eigenvalue weighted by Crippen LogP contribution is -2.12. The van der Waals surface area contributed by atoms with Crippen LogP contribution in [0.4, 0.5) is 21.6 Å². The molecule has 0 aliphatic rings. The lowest BCUT2D eigenvalue weighted by molar-refractivity contribution is -0.118. The largest absolute Gasteiger partial charge is 0.492 e. The molecule has 150 valence electrons. The summed E-state index contributed by atoms with van der Waals surface area (Å²) in [6, 6.07) is 7.61. The van der Waals surface area contributed by atoms with Crippen molar-refractivity contribution in [2.24, 2.45) is 0 Å². The Labute approximate surface area is 171 Å². The second-order valence-corrected chi connectivity index (χ2v) is 6.44. The smallest absolute Gasteiger partial charge is 0.224 e. The number of rotatable bonds is 8. The minimum absolute atomic E-state index is 0.0184. The highest BCUT2D eigenvalue weighted by molar-refractivity contribution is 6.31. The summed E-state index contributed by atoms with van der Waals surface area (Å²) in [5.41, 5.74) is 1.57. The van der Waals surface area contributed by atoms with E-state index in [9.17, 15) is 14.0 Å². The van der Waals surface area contributed by atoms with Gasteiger partial charge in [-0.05, 0) is 31.2 Å². The summed E-state index contributed by atoms with van der Waals surface area (Å²) in [6.07, 6.45) is 2.27. The Balaban J connectivity index is 2.00. The summed E-state index contributed by atoms with van der Waals surface area (Å²) in [7, 11) is 0. The number of ether oxygens (including phenoxy) is 1. The van der Waals surface area contributed by atoms with Crippen molar-refractivity contribution in [2.45, 2.75) is 19.8 Å². The Bertz CT molecular complexity index is 1060. The van der Waals surface area contributed by atoms with Crippen molar-refractivity contribution in [2.75, 3.05) is 17.2 Å². The fourth-order valence-electron chi connectivity index (χ4n) is 2.67. The highest BCUT2D eigenvalue weighted by Crippen LogP contribution is 2.34. The number of aldehydes is 1. The van der Waals surface area contributed by atoms with Gasteiger partial charge in [0.1, 0.15) is 30.0 Å². The molecule has 0 saturated heterocycles. The summed E-state index contributed by atoms with van der Waals surface area (Å²) in [4.78, 5) is 31.1.